The van der Waals surface area contributed by atoms with Gasteiger partial charge < -0.3 is 0 Å². The van der Waals surface area contributed by atoms with E-state index in [1.807, 2.05) is 0 Å². The number of sulfonamides is 1. The fourth-order valence-electron chi connectivity index (χ4n) is 0.760. The van der Waals surface area contributed by atoms with Crippen molar-refractivity contribution < 1.29 is 16.8 Å². The molecule has 0 heterocycles. The molecule has 0 fully saturated rings. The van der Waals surface area contributed by atoms with Crippen LogP contribution in [0.2, 0.25) is 0 Å². The van der Waals surface area contributed by atoms with Crippen molar-refractivity contribution in [1.29, 1.82) is 0 Å². The smallest absolute Gasteiger partial charge is 0.213 e. The van der Waals surface area contributed by atoms with Crippen LogP contribution in [-0.4, -0.2) is 45.5 Å². The molecule has 5 nitrogen and oxygen atoms in total. The molecule has 0 spiro atoms. The molecular weight excluding hydrogens is 306 g/mol. The summed E-state index contributed by atoms with van der Waals surface area (Å²) in [5, 5.41) is 0.456. The zero-order valence-electron chi connectivity index (χ0n) is 8.95. The summed E-state index contributed by atoms with van der Waals surface area (Å²) in [6.07, 6.45) is 1.01. The molecule has 0 aliphatic heterocycles. The van der Waals surface area contributed by atoms with Crippen molar-refractivity contribution >= 4 is 35.8 Å². The largest absolute Gasteiger partial charge is 0.229 e. The second-order valence-corrected chi connectivity index (χ2v) is 8.73. The van der Waals surface area contributed by atoms with Crippen LogP contribution in [0.5, 0.6) is 0 Å². The Hall–Kier alpha value is 0.340. The average molecular weight is 322 g/mol. The van der Waals surface area contributed by atoms with Gasteiger partial charge in [-0.25, -0.2) is 21.6 Å². The number of sulfone groups is 1. The Morgan fingerprint density at radius 2 is 1.60 bits per heavy atom. The molecule has 0 amide bonds. The number of rotatable bonds is 6. The first-order valence-electron chi connectivity index (χ1n) is 4.23. The normalized spacial score (nSPS) is 14.1. The first kappa shape index (κ1) is 15.3. The fourth-order valence-corrected chi connectivity index (χ4v) is 4.19. The molecule has 0 rings (SSSR count). The summed E-state index contributed by atoms with van der Waals surface area (Å²) < 4.78 is 46.9. The van der Waals surface area contributed by atoms with Crippen molar-refractivity contribution in [1.82, 2.24) is 4.72 Å². The fraction of sp³-hybridized carbons (Fsp3) is 1.00. The van der Waals surface area contributed by atoms with E-state index in [1.54, 1.807) is 13.8 Å². The zero-order chi connectivity index (χ0) is 12.3. The Kier molecular flexibility index (Phi) is 5.23. The van der Waals surface area contributed by atoms with E-state index in [1.165, 1.54) is 0 Å². The molecule has 0 saturated heterocycles. The third-order valence-electron chi connectivity index (χ3n) is 1.49. The van der Waals surface area contributed by atoms with Crippen molar-refractivity contribution in [3.05, 3.63) is 0 Å². The van der Waals surface area contributed by atoms with E-state index in [4.69, 9.17) is 0 Å². The van der Waals surface area contributed by atoms with Gasteiger partial charge in [-0.2, -0.15) is 0 Å². The van der Waals surface area contributed by atoms with E-state index < -0.39 is 31.2 Å². The summed E-state index contributed by atoms with van der Waals surface area (Å²) in [7, 11) is -6.79. The van der Waals surface area contributed by atoms with Crippen LogP contribution < -0.4 is 4.72 Å². The summed E-state index contributed by atoms with van der Waals surface area (Å²) in [6.45, 7) is 3.42. The number of hydrogen-bond acceptors (Lipinski definition) is 4. The van der Waals surface area contributed by atoms with E-state index in [2.05, 4.69) is 20.7 Å². The molecule has 0 radical (unpaired) electrons. The van der Waals surface area contributed by atoms with Gasteiger partial charge in [0, 0.05) is 17.1 Å². The lowest BCUT2D eigenvalue weighted by molar-refractivity contribution is 0.501. The predicted octanol–water partition coefficient (Wildman–Crippen LogP) is 0.124. The van der Waals surface area contributed by atoms with Gasteiger partial charge >= 0.3 is 0 Å². The monoisotopic (exact) mass is 321 g/mol. The summed E-state index contributed by atoms with van der Waals surface area (Å²) in [5.41, 5.74) is -0.615. The second-order valence-electron chi connectivity index (χ2n) is 4.07. The Morgan fingerprint density at radius 1 is 1.13 bits per heavy atom. The van der Waals surface area contributed by atoms with E-state index in [-0.39, 0.29) is 5.75 Å². The van der Waals surface area contributed by atoms with Crippen molar-refractivity contribution in [3.63, 3.8) is 0 Å². The molecule has 8 heteroatoms. The molecule has 0 aromatic carbocycles. The minimum atomic E-state index is -3.54. The van der Waals surface area contributed by atoms with E-state index in [0.29, 0.717) is 5.33 Å². The first-order chi connectivity index (χ1) is 6.47. The van der Waals surface area contributed by atoms with E-state index >= 15 is 0 Å². The van der Waals surface area contributed by atoms with Gasteiger partial charge in [0.25, 0.3) is 0 Å². The summed E-state index contributed by atoms with van der Waals surface area (Å²) in [5.74, 6) is -0.761. The topological polar surface area (TPSA) is 80.3 Å². The van der Waals surface area contributed by atoms with Gasteiger partial charge in [0.15, 0.2) is 0 Å². The lowest BCUT2D eigenvalue weighted by Gasteiger charge is -2.22. The summed E-state index contributed by atoms with van der Waals surface area (Å²) in [4.78, 5) is 0. The van der Waals surface area contributed by atoms with E-state index in [0.717, 1.165) is 6.26 Å². The molecule has 0 atom stereocenters. The number of nitrogens with one attached hydrogen (secondary N) is 1. The van der Waals surface area contributed by atoms with Crippen LogP contribution in [-0.2, 0) is 19.9 Å². The highest BCUT2D eigenvalue weighted by Gasteiger charge is 2.24. The molecule has 0 aliphatic carbocycles. The Morgan fingerprint density at radius 3 is 1.93 bits per heavy atom. The lowest BCUT2D eigenvalue weighted by atomic mass is 10.1. The molecule has 0 aromatic rings. The summed E-state index contributed by atoms with van der Waals surface area (Å²) in [6, 6.07) is 0. The Labute approximate surface area is 99.7 Å². The van der Waals surface area contributed by atoms with Gasteiger partial charge in [-0.1, -0.05) is 15.9 Å². The highest BCUT2D eigenvalue weighted by molar-refractivity contribution is 9.09. The van der Waals surface area contributed by atoms with Gasteiger partial charge in [0.1, 0.15) is 9.84 Å². The average Bonchev–Trinajstić information content (AvgIpc) is 1.98. The van der Waals surface area contributed by atoms with Crippen molar-refractivity contribution in [2.24, 2.45) is 0 Å². The minimum Gasteiger partial charge on any atom is -0.229 e. The van der Waals surface area contributed by atoms with Crippen LogP contribution >= 0.6 is 15.9 Å². The highest BCUT2D eigenvalue weighted by Crippen LogP contribution is 2.08. The maximum atomic E-state index is 11.5. The van der Waals surface area contributed by atoms with E-state index in [9.17, 15) is 16.8 Å². The van der Waals surface area contributed by atoms with Crippen LogP contribution in [0.15, 0.2) is 0 Å². The molecule has 0 aromatic heterocycles. The first-order valence-corrected chi connectivity index (χ1v) is 9.06. The quantitative estimate of drug-likeness (QED) is 0.705. The molecule has 1 N–H and O–H groups in total. The zero-order valence-corrected chi connectivity index (χ0v) is 12.2. The molecule has 0 aliphatic rings. The summed E-state index contributed by atoms with van der Waals surface area (Å²) >= 11 is 3.17. The van der Waals surface area contributed by atoms with Crippen molar-refractivity contribution in [2.45, 2.75) is 19.4 Å². The van der Waals surface area contributed by atoms with Gasteiger partial charge in [0.05, 0.1) is 11.5 Å². The molecular formula is C7H16BrNO4S2. The standard InChI is InChI=1S/C7H16BrNO4S2/c1-7(2,6-8)9-15(12,13)5-4-14(3,10)11/h9H,4-6H2,1-3H3. The third-order valence-corrected chi connectivity index (χ3v) is 5.70. The Bertz CT molecular complexity index is 399. The molecule has 92 valence electrons. The highest BCUT2D eigenvalue weighted by atomic mass is 79.9. The van der Waals surface area contributed by atoms with Crippen LogP contribution in [0.3, 0.4) is 0 Å². The SMILES string of the molecule is CC(C)(CBr)NS(=O)(=O)CCS(C)(=O)=O. The number of alkyl halides is 1. The predicted molar refractivity (Wildman–Crippen MR) is 64.5 cm³/mol. The van der Waals surface area contributed by atoms with Crippen LogP contribution in [0, 0.1) is 0 Å². The molecule has 0 unspecified atom stereocenters. The van der Waals surface area contributed by atoms with Gasteiger partial charge in [-0.05, 0) is 13.8 Å². The van der Waals surface area contributed by atoms with Crippen LogP contribution in [0.4, 0.5) is 0 Å². The van der Waals surface area contributed by atoms with Gasteiger partial charge in [0.2, 0.25) is 10.0 Å². The minimum absolute atomic E-state index is 0.360. The van der Waals surface area contributed by atoms with Gasteiger partial charge in [-0.3, -0.25) is 0 Å². The number of halogens is 1. The number of hydrogen-bond donors (Lipinski definition) is 1. The third kappa shape index (κ3) is 8.18. The maximum absolute atomic E-state index is 11.5. The Balaban J connectivity index is 4.47. The van der Waals surface area contributed by atoms with Crippen molar-refractivity contribution in [3.8, 4) is 0 Å². The van der Waals surface area contributed by atoms with Crippen LogP contribution in [0.1, 0.15) is 13.8 Å². The molecule has 15 heavy (non-hydrogen) atoms. The second kappa shape index (κ2) is 5.11. The van der Waals surface area contributed by atoms with Crippen molar-refractivity contribution in [2.75, 3.05) is 23.1 Å². The maximum Gasteiger partial charge on any atom is 0.213 e. The van der Waals surface area contributed by atoms with Crippen LogP contribution in [0.25, 0.3) is 0 Å². The van der Waals surface area contributed by atoms with Gasteiger partial charge in [-0.15, -0.1) is 0 Å². The molecule has 0 bridgehead atoms. The molecule has 0 saturated carbocycles. The lowest BCUT2D eigenvalue weighted by Crippen LogP contribution is -2.46.